The third-order valence-electron chi connectivity index (χ3n) is 2.99. The SMILES string of the molecule is CC(C)=CCN1CCC(OCCCN)CC1. The van der Waals surface area contributed by atoms with Gasteiger partial charge in [0.1, 0.15) is 0 Å². The minimum absolute atomic E-state index is 0.467. The summed E-state index contributed by atoms with van der Waals surface area (Å²) in [5, 5.41) is 0. The Morgan fingerprint density at radius 2 is 2.06 bits per heavy atom. The molecule has 0 aliphatic carbocycles. The summed E-state index contributed by atoms with van der Waals surface area (Å²) in [6.07, 6.45) is 6.09. The van der Waals surface area contributed by atoms with Crippen molar-refractivity contribution in [3.05, 3.63) is 11.6 Å². The van der Waals surface area contributed by atoms with Crippen LogP contribution in [0, 0.1) is 0 Å². The molecule has 0 aromatic heterocycles. The summed E-state index contributed by atoms with van der Waals surface area (Å²) < 4.78 is 5.78. The van der Waals surface area contributed by atoms with Crippen LogP contribution in [0.5, 0.6) is 0 Å². The highest BCUT2D eigenvalue weighted by Crippen LogP contribution is 2.13. The van der Waals surface area contributed by atoms with Crippen molar-refractivity contribution in [2.45, 2.75) is 39.2 Å². The number of hydrogen-bond donors (Lipinski definition) is 1. The largest absolute Gasteiger partial charge is 0.378 e. The van der Waals surface area contributed by atoms with Crippen LogP contribution >= 0.6 is 0 Å². The van der Waals surface area contributed by atoms with Gasteiger partial charge in [-0.3, -0.25) is 4.90 Å². The molecule has 3 nitrogen and oxygen atoms in total. The summed E-state index contributed by atoms with van der Waals surface area (Å²) in [6, 6.07) is 0. The van der Waals surface area contributed by atoms with Crippen LogP contribution in [-0.2, 0) is 4.74 Å². The van der Waals surface area contributed by atoms with E-state index in [4.69, 9.17) is 10.5 Å². The zero-order valence-corrected chi connectivity index (χ0v) is 10.7. The van der Waals surface area contributed by atoms with Gasteiger partial charge in [-0.2, -0.15) is 0 Å². The number of nitrogens with zero attached hydrogens (tertiary/aromatic N) is 1. The van der Waals surface area contributed by atoms with E-state index in [-0.39, 0.29) is 0 Å². The number of rotatable bonds is 6. The molecule has 2 N–H and O–H groups in total. The van der Waals surface area contributed by atoms with Crippen molar-refractivity contribution in [3.63, 3.8) is 0 Å². The van der Waals surface area contributed by atoms with Crippen molar-refractivity contribution in [3.8, 4) is 0 Å². The molecule has 1 saturated heterocycles. The van der Waals surface area contributed by atoms with Crippen LogP contribution in [0.3, 0.4) is 0 Å². The molecule has 0 atom stereocenters. The fourth-order valence-electron chi connectivity index (χ4n) is 1.90. The number of allylic oxidation sites excluding steroid dienone is 1. The number of likely N-dealkylation sites (tertiary alicyclic amines) is 1. The highest BCUT2D eigenvalue weighted by Gasteiger charge is 2.18. The highest BCUT2D eigenvalue weighted by atomic mass is 16.5. The minimum Gasteiger partial charge on any atom is -0.378 e. The first-order chi connectivity index (χ1) is 7.72. The summed E-state index contributed by atoms with van der Waals surface area (Å²) >= 11 is 0. The molecule has 3 heteroatoms. The lowest BCUT2D eigenvalue weighted by molar-refractivity contribution is 0.00949. The first-order valence-electron chi connectivity index (χ1n) is 6.39. The molecule has 1 aliphatic rings. The van der Waals surface area contributed by atoms with E-state index in [0.717, 1.165) is 39.2 Å². The molecule has 0 unspecified atom stereocenters. The van der Waals surface area contributed by atoms with Gasteiger partial charge in [0.15, 0.2) is 0 Å². The van der Waals surface area contributed by atoms with Crippen molar-refractivity contribution >= 4 is 0 Å². The summed E-state index contributed by atoms with van der Waals surface area (Å²) in [5.74, 6) is 0. The maximum atomic E-state index is 5.78. The average molecular weight is 226 g/mol. The molecule has 1 heterocycles. The Balaban J connectivity index is 2.11. The lowest BCUT2D eigenvalue weighted by Gasteiger charge is -2.31. The van der Waals surface area contributed by atoms with Gasteiger partial charge in [-0.1, -0.05) is 11.6 Å². The fraction of sp³-hybridized carbons (Fsp3) is 0.846. The Hall–Kier alpha value is -0.380. The second-order valence-electron chi connectivity index (χ2n) is 4.79. The second-order valence-corrected chi connectivity index (χ2v) is 4.79. The molecule has 0 amide bonds. The van der Waals surface area contributed by atoms with E-state index in [1.807, 2.05) is 0 Å². The van der Waals surface area contributed by atoms with Crippen molar-refractivity contribution in [1.82, 2.24) is 4.90 Å². The van der Waals surface area contributed by atoms with Gasteiger partial charge in [-0.25, -0.2) is 0 Å². The molecule has 1 fully saturated rings. The average Bonchev–Trinajstić information content (AvgIpc) is 2.28. The second kappa shape index (κ2) is 7.82. The summed E-state index contributed by atoms with van der Waals surface area (Å²) in [4.78, 5) is 2.50. The number of nitrogens with two attached hydrogens (primary N) is 1. The third kappa shape index (κ3) is 5.64. The van der Waals surface area contributed by atoms with E-state index in [9.17, 15) is 0 Å². The molecule has 0 bridgehead atoms. The van der Waals surface area contributed by atoms with Gasteiger partial charge in [0, 0.05) is 26.2 Å². The first-order valence-corrected chi connectivity index (χ1v) is 6.39. The predicted molar refractivity (Wildman–Crippen MR) is 68.5 cm³/mol. The zero-order valence-electron chi connectivity index (χ0n) is 10.7. The Bertz CT molecular complexity index is 204. The van der Waals surface area contributed by atoms with Crippen molar-refractivity contribution in [1.29, 1.82) is 0 Å². The third-order valence-corrected chi connectivity index (χ3v) is 2.99. The van der Waals surface area contributed by atoms with Crippen LogP contribution in [0.4, 0.5) is 0 Å². The summed E-state index contributed by atoms with van der Waals surface area (Å²) in [7, 11) is 0. The van der Waals surface area contributed by atoms with Crippen molar-refractivity contribution < 1.29 is 4.74 Å². The highest BCUT2D eigenvalue weighted by molar-refractivity contribution is 4.95. The summed E-state index contributed by atoms with van der Waals surface area (Å²) in [6.45, 7) is 9.30. The van der Waals surface area contributed by atoms with E-state index in [1.54, 1.807) is 0 Å². The van der Waals surface area contributed by atoms with Gasteiger partial charge in [0.05, 0.1) is 6.10 Å². The molecule has 1 rings (SSSR count). The van der Waals surface area contributed by atoms with E-state index in [2.05, 4.69) is 24.8 Å². The van der Waals surface area contributed by atoms with E-state index in [0.29, 0.717) is 6.10 Å². The smallest absolute Gasteiger partial charge is 0.0599 e. The molecule has 16 heavy (non-hydrogen) atoms. The molecule has 0 aromatic rings. The van der Waals surface area contributed by atoms with Crippen molar-refractivity contribution in [2.24, 2.45) is 5.73 Å². The molecule has 0 aromatic carbocycles. The fourth-order valence-corrected chi connectivity index (χ4v) is 1.90. The first kappa shape index (κ1) is 13.7. The van der Waals surface area contributed by atoms with Gasteiger partial charge in [-0.15, -0.1) is 0 Å². The molecular formula is C13H26N2O. The van der Waals surface area contributed by atoms with Gasteiger partial charge in [-0.05, 0) is 39.7 Å². The van der Waals surface area contributed by atoms with Crippen LogP contribution in [0.25, 0.3) is 0 Å². The van der Waals surface area contributed by atoms with Gasteiger partial charge < -0.3 is 10.5 Å². The maximum Gasteiger partial charge on any atom is 0.0599 e. The van der Waals surface area contributed by atoms with Crippen molar-refractivity contribution in [2.75, 3.05) is 32.8 Å². The molecule has 0 radical (unpaired) electrons. The van der Waals surface area contributed by atoms with Crippen LogP contribution in [0.15, 0.2) is 11.6 Å². The van der Waals surface area contributed by atoms with E-state index in [1.165, 1.54) is 18.4 Å². The Kier molecular flexibility index (Phi) is 6.69. The van der Waals surface area contributed by atoms with Gasteiger partial charge in [0.25, 0.3) is 0 Å². The lowest BCUT2D eigenvalue weighted by atomic mass is 10.1. The number of piperidine rings is 1. The maximum absolute atomic E-state index is 5.78. The van der Waals surface area contributed by atoms with Crippen LogP contribution in [0.1, 0.15) is 33.1 Å². The normalized spacial score (nSPS) is 18.7. The standard InChI is InChI=1S/C13H26N2O/c1-12(2)4-8-15-9-5-13(6-10-15)16-11-3-7-14/h4,13H,3,5-11,14H2,1-2H3. The Labute approximate surface area is 99.6 Å². The molecular weight excluding hydrogens is 200 g/mol. The molecule has 1 aliphatic heterocycles. The van der Waals surface area contributed by atoms with E-state index < -0.39 is 0 Å². The lowest BCUT2D eigenvalue weighted by Crippen LogP contribution is -2.37. The quantitative estimate of drug-likeness (QED) is 0.554. The molecule has 94 valence electrons. The number of ether oxygens (including phenoxy) is 1. The van der Waals surface area contributed by atoms with Crippen LogP contribution < -0.4 is 5.73 Å². The Morgan fingerprint density at radius 3 is 2.62 bits per heavy atom. The monoisotopic (exact) mass is 226 g/mol. The van der Waals surface area contributed by atoms with Crippen LogP contribution in [-0.4, -0.2) is 43.8 Å². The topological polar surface area (TPSA) is 38.5 Å². The number of hydrogen-bond acceptors (Lipinski definition) is 3. The van der Waals surface area contributed by atoms with Gasteiger partial charge >= 0.3 is 0 Å². The molecule has 0 spiro atoms. The Morgan fingerprint density at radius 1 is 1.38 bits per heavy atom. The van der Waals surface area contributed by atoms with Gasteiger partial charge in [0.2, 0.25) is 0 Å². The van der Waals surface area contributed by atoms with Crippen LogP contribution in [0.2, 0.25) is 0 Å². The minimum atomic E-state index is 0.467. The zero-order chi connectivity index (χ0) is 11.8. The van der Waals surface area contributed by atoms with E-state index >= 15 is 0 Å². The summed E-state index contributed by atoms with van der Waals surface area (Å²) in [5.41, 5.74) is 6.84. The predicted octanol–water partition coefficient (Wildman–Crippen LogP) is 1.78. The molecule has 0 saturated carbocycles.